The van der Waals surface area contributed by atoms with Gasteiger partial charge in [0.1, 0.15) is 0 Å². The van der Waals surface area contributed by atoms with Crippen molar-refractivity contribution in [3.05, 3.63) is 0 Å². The Balaban J connectivity index is 1.47. The number of amides is 2. The van der Waals surface area contributed by atoms with Crippen molar-refractivity contribution in [1.29, 1.82) is 0 Å². The van der Waals surface area contributed by atoms with Gasteiger partial charge in [-0.15, -0.1) is 0 Å². The van der Waals surface area contributed by atoms with E-state index in [1.807, 2.05) is 6.92 Å². The Hall–Kier alpha value is -0.810. The van der Waals surface area contributed by atoms with E-state index in [1.54, 1.807) is 0 Å². The molecule has 0 saturated heterocycles. The fraction of sp³-hybridized carbons (Fsp3) is 0.947. The van der Waals surface area contributed by atoms with E-state index in [4.69, 9.17) is 4.74 Å². The number of urea groups is 1. The van der Waals surface area contributed by atoms with Gasteiger partial charge in [0.15, 0.2) is 0 Å². The minimum atomic E-state index is -0.0475. The number of nitrogens with one attached hydrogen (secondary N) is 2. The van der Waals surface area contributed by atoms with Gasteiger partial charge < -0.3 is 20.5 Å². The average Bonchev–Trinajstić information content (AvgIpc) is 3.30. The smallest absolute Gasteiger partial charge is 0.315 e. The molecule has 3 aliphatic rings. The Kier molecular flexibility index (Phi) is 6.03. The quantitative estimate of drug-likeness (QED) is 0.596. The summed E-state index contributed by atoms with van der Waals surface area (Å²) in [5, 5.41) is 16.0. The summed E-state index contributed by atoms with van der Waals surface area (Å²) in [7, 11) is 0. The summed E-state index contributed by atoms with van der Waals surface area (Å²) < 4.78 is 5.54. The first kappa shape index (κ1) is 18.0. The van der Waals surface area contributed by atoms with Gasteiger partial charge in [-0.25, -0.2) is 4.79 Å². The van der Waals surface area contributed by atoms with E-state index in [1.165, 1.54) is 44.9 Å². The molecule has 138 valence electrons. The molecule has 0 aromatic carbocycles. The van der Waals surface area contributed by atoms with Gasteiger partial charge in [0, 0.05) is 38.3 Å². The van der Waals surface area contributed by atoms with Crippen LogP contribution in [0.5, 0.6) is 0 Å². The van der Waals surface area contributed by atoms with Gasteiger partial charge in [0.25, 0.3) is 0 Å². The van der Waals surface area contributed by atoms with E-state index in [0.717, 1.165) is 26.2 Å². The largest absolute Gasteiger partial charge is 0.396 e. The molecule has 3 fully saturated rings. The number of ether oxygens (including phenoxy) is 1. The molecule has 5 nitrogen and oxygen atoms in total. The number of hydrogen-bond donors (Lipinski definition) is 3. The Morgan fingerprint density at radius 3 is 2.71 bits per heavy atom. The molecule has 0 aliphatic heterocycles. The van der Waals surface area contributed by atoms with Crippen LogP contribution in [0.1, 0.15) is 58.3 Å². The fourth-order valence-electron chi connectivity index (χ4n) is 5.44. The van der Waals surface area contributed by atoms with Crippen LogP contribution in [-0.4, -0.2) is 43.5 Å². The van der Waals surface area contributed by atoms with E-state index in [9.17, 15) is 9.90 Å². The van der Waals surface area contributed by atoms with Crippen LogP contribution >= 0.6 is 0 Å². The Labute approximate surface area is 145 Å². The Bertz CT molecular complexity index is 423. The maximum atomic E-state index is 12.4. The average molecular weight is 338 g/mol. The summed E-state index contributed by atoms with van der Waals surface area (Å²) in [5.41, 5.74) is 0.220. The molecule has 4 unspecified atom stereocenters. The van der Waals surface area contributed by atoms with Crippen molar-refractivity contribution in [3.63, 3.8) is 0 Å². The third-order valence-electron chi connectivity index (χ3n) is 6.87. The van der Waals surface area contributed by atoms with E-state index in [0.29, 0.717) is 11.8 Å². The molecule has 0 aromatic rings. The molecule has 4 atom stereocenters. The number of carbonyl (C=O) groups is 1. The molecular weight excluding hydrogens is 304 g/mol. The van der Waals surface area contributed by atoms with Crippen LogP contribution in [0, 0.1) is 23.2 Å². The van der Waals surface area contributed by atoms with Gasteiger partial charge in [-0.1, -0.05) is 12.8 Å². The lowest BCUT2D eigenvalue weighted by Gasteiger charge is -2.32. The molecule has 3 N–H and O–H groups in total. The summed E-state index contributed by atoms with van der Waals surface area (Å²) in [4.78, 5) is 12.4. The predicted molar refractivity (Wildman–Crippen MR) is 93.7 cm³/mol. The SMILES string of the molecule is CCOCCC1(CNC(=O)NC2C3CCC(C3)C2CO)CCCC1. The maximum Gasteiger partial charge on any atom is 0.315 e. The highest BCUT2D eigenvalue weighted by molar-refractivity contribution is 5.74. The van der Waals surface area contributed by atoms with E-state index in [-0.39, 0.29) is 30.0 Å². The number of hydrogen-bond acceptors (Lipinski definition) is 3. The molecule has 0 radical (unpaired) electrons. The number of rotatable bonds is 8. The van der Waals surface area contributed by atoms with Gasteiger partial charge in [0.2, 0.25) is 0 Å². The number of aliphatic hydroxyl groups excluding tert-OH is 1. The first-order valence-corrected chi connectivity index (χ1v) is 9.90. The fourth-order valence-corrected chi connectivity index (χ4v) is 5.44. The van der Waals surface area contributed by atoms with Crippen LogP contribution in [0.2, 0.25) is 0 Å². The highest BCUT2D eigenvalue weighted by Gasteiger charge is 2.47. The lowest BCUT2D eigenvalue weighted by atomic mass is 9.83. The summed E-state index contributed by atoms with van der Waals surface area (Å²) >= 11 is 0. The monoisotopic (exact) mass is 338 g/mol. The summed E-state index contributed by atoms with van der Waals surface area (Å²) in [6, 6.07) is 0.116. The molecule has 0 aromatic heterocycles. The Morgan fingerprint density at radius 2 is 2.00 bits per heavy atom. The van der Waals surface area contributed by atoms with Gasteiger partial charge >= 0.3 is 6.03 Å². The van der Waals surface area contributed by atoms with Crippen LogP contribution < -0.4 is 10.6 Å². The second-order valence-electron chi connectivity index (χ2n) is 8.19. The summed E-state index contributed by atoms with van der Waals surface area (Å²) in [6.45, 7) is 4.52. The van der Waals surface area contributed by atoms with Gasteiger partial charge in [0.05, 0.1) is 0 Å². The minimum absolute atomic E-state index is 0.0475. The van der Waals surface area contributed by atoms with E-state index in [2.05, 4.69) is 10.6 Å². The number of aliphatic hydroxyl groups is 1. The van der Waals surface area contributed by atoms with Crippen LogP contribution in [-0.2, 0) is 4.74 Å². The topological polar surface area (TPSA) is 70.6 Å². The molecule has 0 spiro atoms. The first-order valence-electron chi connectivity index (χ1n) is 9.90. The van der Waals surface area contributed by atoms with Crippen LogP contribution in [0.4, 0.5) is 4.79 Å². The normalized spacial score (nSPS) is 33.8. The third-order valence-corrected chi connectivity index (χ3v) is 6.87. The molecule has 2 amide bonds. The first-order chi connectivity index (χ1) is 11.7. The number of fused-ring (bicyclic) bond motifs is 2. The molecule has 5 heteroatoms. The highest BCUT2D eigenvalue weighted by Crippen LogP contribution is 2.48. The molecule has 24 heavy (non-hydrogen) atoms. The highest BCUT2D eigenvalue weighted by atomic mass is 16.5. The zero-order chi connectivity index (χ0) is 17.0. The van der Waals surface area contributed by atoms with Crippen molar-refractivity contribution in [2.24, 2.45) is 23.2 Å². The Morgan fingerprint density at radius 1 is 1.25 bits per heavy atom. The van der Waals surface area contributed by atoms with Crippen molar-refractivity contribution < 1.29 is 14.6 Å². The van der Waals surface area contributed by atoms with Crippen molar-refractivity contribution >= 4 is 6.03 Å². The van der Waals surface area contributed by atoms with Crippen molar-refractivity contribution in [2.75, 3.05) is 26.4 Å². The lowest BCUT2D eigenvalue weighted by molar-refractivity contribution is 0.103. The van der Waals surface area contributed by atoms with Gasteiger partial charge in [-0.2, -0.15) is 0 Å². The molecule has 3 aliphatic carbocycles. The minimum Gasteiger partial charge on any atom is -0.396 e. The van der Waals surface area contributed by atoms with Crippen LogP contribution in [0.25, 0.3) is 0 Å². The molecule has 3 saturated carbocycles. The number of carbonyl (C=O) groups excluding carboxylic acids is 1. The standard InChI is InChI=1S/C19H34N2O3/c1-2-24-10-9-19(7-3-4-8-19)13-20-18(23)21-17-15-6-5-14(11-15)16(17)12-22/h14-17,22H,2-13H2,1H3,(H2,20,21,23). The molecule has 0 heterocycles. The van der Waals surface area contributed by atoms with Crippen molar-refractivity contribution in [3.8, 4) is 0 Å². The summed E-state index contributed by atoms with van der Waals surface area (Å²) in [6.07, 6.45) is 9.52. The van der Waals surface area contributed by atoms with Crippen LogP contribution in [0.15, 0.2) is 0 Å². The second-order valence-corrected chi connectivity index (χ2v) is 8.19. The van der Waals surface area contributed by atoms with Gasteiger partial charge in [-0.05, 0) is 62.7 Å². The van der Waals surface area contributed by atoms with E-state index >= 15 is 0 Å². The van der Waals surface area contributed by atoms with E-state index < -0.39 is 0 Å². The molecule has 2 bridgehead atoms. The van der Waals surface area contributed by atoms with Gasteiger partial charge in [-0.3, -0.25) is 0 Å². The lowest BCUT2D eigenvalue weighted by Crippen LogP contribution is -2.50. The zero-order valence-corrected chi connectivity index (χ0v) is 15.1. The molecule has 3 rings (SSSR count). The van der Waals surface area contributed by atoms with Crippen LogP contribution in [0.3, 0.4) is 0 Å². The second kappa shape index (κ2) is 8.05. The third kappa shape index (κ3) is 3.88. The molecular formula is C19H34N2O3. The van der Waals surface area contributed by atoms with Crippen molar-refractivity contribution in [2.45, 2.75) is 64.3 Å². The summed E-state index contributed by atoms with van der Waals surface area (Å²) in [5.74, 6) is 1.43. The van der Waals surface area contributed by atoms with Crippen molar-refractivity contribution in [1.82, 2.24) is 10.6 Å². The predicted octanol–water partition coefficient (Wildman–Crippen LogP) is 2.68. The zero-order valence-electron chi connectivity index (χ0n) is 15.1. The maximum absolute atomic E-state index is 12.4.